The highest BCUT2D eigenvalue weighted by Crippen LogP contribution is 2.34. The summed E-state index contributed by atoms with van der Waals surface area (Å²) >= 11 is 0. The molecule has 1 amide bonds. The topological polar surface area (TPSA) is 47.4 Å². The standard InChI is InChI=1S/C28H28FN3O2/c1-4-17-32(27(33)23-15-8-9-16-25(23)29)19-24-26(21-12-6-5-7-13-21)30-31(3)28(24)34-22-14-10-11-20(2)18-22/h5-16,18H,4,17,19H2,1-3H3. The summed E-state index contributed by atoms with van der Waals surface area (Å²) in [6.45, 7) is 4.70. The molecule has 0 aliphatic rings. The molecule has 5 nitrogen and oxygen atoms in total. The molecule has 4 aromatic rings. The molecule has 1 aromatic heterocycles. The molecule has 0 aliphatic heterocycles. The van der Waals surface area contributed by atoms with Gasteiger partial charge in [0.1, 0.15) is 17.3 Å². The van der Waals surface area contributed by atoms with Crippen LogP contribution in [-0.2, 0) is 13.6 Å². The smallest absolute Gasteiger partial charge is 0.257 e. The van der Waals surface area contributed by atoms with Crippen LogP contribution in [0.5, 0.6) is 11.6 Å². The second kappa shape index (κ2) is 10.3. The lowest BCUT2D eigenvalue weighted by Crippen LogP contribution is -2.32. The highest BCUT2D eigenvalue weighted by Gasteiger charge is 2.26. The molecule has 34 heavy (non-hydrogen) atoms. The molecule has 0 aliphatic carbocycles. The molecule has 6 heteroatoms. The fourth-order valence-electron chi connectivity index (χ4n) is 3.96. The van der Waals surface area contributed by atoms with Gasteiger partial charge in [-0.15, -0.1) is 0 Å². The Hall–Kier alpha value is -3.93. The second-order valence-electron chi connectivity index (χ2n) is 8.25. The summed E-state index contributed by atoms with van der Waals surface area (Å²) in [5.41, 5.74) is 3.55. The Morgan fingerprint density at radius 1 is 1.03 bits per heavy atom. The Morgan fingerprint density at radius 2 is 1.76 bits per heavy atom. The van der Waals surface area contributed by atoms with Gasteiger partial charge in [-0.1, -0.05) is 61.5 Å². The van der Waals surface area contributed by atoms with Crippen molar-refractivity contribution in [3.05, 3.63) is 101 Å². The summed E-state index contributed by atoms with van der Waals surface area (Å²) in [5.74, 6) is 0.349. The number of benzene rings is 3. The third-order valence-corrected chi connectivity index (χ3v) is 5.57. The fraction of sp³-hybridized carbons (Fsp3) is 0.214. The molecule has 3 aromatic carbocycles. The van der Waals surface area contributed by atoms with E-state index in [1.807, 2.05) is 75.5 Å². The summed E-state index contributed by atoms with van der Waals surface area (Å²) in [4.78, 5) is 15.0. The molecular weight excluding hydrogens is 429 g/mol. The van der Waals surface area contributed by atoms with Crippen LogP contribution in [0.4, 0.5) is 4.39 Å². The van der Waals surface area contributed by atoms with E-state index in [4.69, 9.17) is 9.84 Å². The Bertz CT molecular complexity index is 1280. The monoisotopic (exact) mass is 457 g/mol. The molecule has 0 saturated carbocycles. The lowest BCUT2D eigenvalue weighted by Gasteiger charge is -2.23. The van der Waals surface area contributed by atoms with Crippen molar-refractivity contribution in [2.45, 2.75) is 26.8 Å². The van der Waals surface area contributed by atoms with Crippen LogP contribution in [-0.4, -0.2) is 27.1 Å². The van der Waals surface area contributed by atoms with Crippen LogP contribution < -0.4 is 4.74 Å². The predicted molar refractivity (Wildman–Crippen MR) is 131 cm³/mol. The maximum Gasteiger partial charge on any atom is 0.257 e. The first-order chi connectivity index (χ1) is 16.5. The summed E-state index contributed by atoms with van der Waals surface area (Å²) in [6, 6.07) is 23.7. The summed E-state index contributed by atoms with van der Waals surface area (Å²) < 4.78 is 22.4. The molecule has 0 N–H and O–H groups in total. The van der Waals surface area contributed by atoms with Crippen molar-refractivity contribution >= 4 is 5.91 Å². The van der Waals surface area contributed by atoms with Crippen LogP contribution in [0, 0.1) is 12.7 Å². The fourth-order valence-corrected chi connectivity index (χ4v) is 3.96. The summed E-state index contributed by atoms with van der Waals surface area (Å²) in [7, 11) is 1.82. The van der Waals surface area contributed by atoms with Crippen molar-refractivity contribution in [3.8, 4) is 22.9 Å². The highest BCUT2D eigenvalue weighted by atomic mass is 19.1. The van der Waals surface area contributed by atoms with E-state index in [0.29, 0.717) is 18.2 Å². The molecule has 174 valence electrons. The Kier molecular flexibility index (Phi) is 7.07. The van der Waals surface area contributed by atoms with Crippen LogP contribution in [0.25, 0.3) is 11.3 Å². The normalized spacial score (nSPS) is 10.8. The van der Waals surface area contributed by atoms with Crippen molar-refractivity contribution in [2.24, 2.45) is 7.05 Å². The van der Waals surface area contributed by atoms with Gasteiger partial charge in [0.25, 0.3) is 5.91 Å². The molecule has 0 bridgehead atoms. The lowest BCUT2D eigenvalue weighted by atomic mass is 10.1. The van der Waals surface area contributed by atoms with Crippen LogP contribution in [0.3, 0.4) is 0 Å². The largest absolute Gasteiger partial charge is 0.439 e. The van der Waals surface area contributed by atoms with Crippen molar-refractivity contribution in [1.29, 1.82) is 0 Å². The van der Waals surface area contributed by atoms with Gasteiger partial charge in [-0.25, -0.2) is 9.07 Å². The summed E-state index contributed by atoms with van der Waals surface area (Å²) in [6.07, 6.45) is 0.731. The Labute approximate surface area is 199 Å². The van der Waals surface area contributed by atoms with Gasteiger partial charge in [0.2, 0.25) is 5.88 Å². The SMILES string of the molecule is CCCN(Cc1c(-c2ccccc2)nn(C)c1Oc1cccc(C)c1)C(=O)c1ccccc1F. The van der Waals surface area contributed by atoms with E-state index in [-0.39, 0.29) is 18.0 Å². The number of aromatic nitrogens is 2. The molecular formula is C28H28FN3O2. The van der Waals surface area contributed by atoms with E-state index in [1.54, 1.807) is 21.7 Å². The van der Waals surface area contributed by atoms with Crippen LogP contribution in [0.2, 0.25) is 0 Å². The van der Waals surface area contributed by atoms with Gasteiger partial charge in [-0.3, -0.25) is 4.79 Å². The molecule has 0 unspecified atom stereocenters. The molecule has 0 radical (unpaired) electrons. The molecule has 0 spiro atoms. The van der Waals surface area contributed by atoms with Crippen molar-refractivity contribution in [1.82, 2.24) is 14.7 Å². The Balaban J connectivity index is 1.78. The van der Waals surface area contributed by atoms with Gasteiger partial charge in [-0.05, 0) is 43.2 Å². The van der Waals surface area contributed by atoms with E-state index in [2.05, 4.69) is 0 Å². The zero-order chi connectivity index (χ0) is 24.1. The number of hydrogen-bond donors (Lipinski definition) is 0. The van der Waals surface area contributed by atoms with Gasteiger partial charge in [0.15, 0.2) is 0 Å². The number of halogens is 1. The van der Waals surface area contributed by atoms with Crippen LogP contribution >= 0.6 is 0 Å². The second-order valence-corrected chi connectivity index (χ2v) is 8.25. The average molecular weight is 458 g/mol. The summed E-state index contributed by atoms with van der Waals surface area (Å²) in [5, 5.41) is 4.74. The first-order valence-electron chi connectivity index (χ1n) is 11.4. The Morgan fingerprint density at radius 3 is 2.47 bits per heavy atom. The zero-order valence-electron chi connectivity index (χ0n) is 19.7. The highest BCUT2D eigenvalue weighted by molar-refractivity contribution is 5.94. The van der Waals surface area contributed by atoms with Gasteiger partial charge in [-0.2, -0.15) is 5.10 Å². The molecule has 0 saturated heterocycles. The quantitative estimate of drug-likeness (QED) is 0.308. The number of carbonyl (C=O) groups is 1. The molecule has 1 heterocycles. The van der Waals surface area contributed by atoms with Gasteiger partial charge < -0.3 is 9.64 Å². The number of ether oxygens (including phenoxy) is 1. The molecule has 4 rings (SSSR count). The molecule has 0 fully saturated rings. The third-order valence-electron chi connectivity index (χ3n) is 5.57. The average Bonchev–Trinajstić information content (AvgIpc) is 3.14. The third kappa shape index (κ3) is 5.01. The minimum absolute atomic E-state index is 0.0576. The van der Waals surface area contributed by atoms with Gasteiger partial charge in [0.05, 0.1) is 17.7 Å². The lowest BCUT2D eigenvalue weighted by molar-refractivity contribution is 0.0738. The van der Waals surface area contributed by atoms with Gasteiger partial charge >= 0.3 is 0 Å². The van der Waals surface area contributed by atoms with E-state index >= 15 is 0 Å². The van der Waals surface area contributed by atoms with Crippen molar-refractivity contribution in [2.75, 3.05) is 6.54 Å². The number of rotatable bonds is 8. The first kappa shape index (κ1) is 23.2. The maximum atomic E-state index is 14.4. The number of hydrogen-bond acceptors (Lipinski definition) is 3. The van der Waals surface area contributed by atoms with E-state index in [0.717, 1.165) is 28.8 Å². The predicted octanol–water partition coefficient (Wildman–Crippen LogP) is 6.38. The number of carbonyl (C=O) groups excluding carboxylic acids is 1. The number of aryl methyl sites for hydroxylation is 2. The maximum absolute atomic E-state index is 14.4. The van der Waals surface area contributed by atoms with Crippen molar-refractivity contribution < 1.29 is 13.9 Å². The zero-order valence-corrected chi connectivity index (χ0v) is 19.7. The number of amides is 1. The van der Waals surface area contributed by atoms with E-state index < -0.39 is 5.82 Å². The van der Waals surface area contributed by atoms with Crippen molar-refractivity contribution in [3.63, 3.8) is 0 Å². The van der Waals surface area contributed by atoms with E-state index in [1.165, 1.54) is 12.1 Å². The van der Waals surface area contributed by atoms with Crippen LogP contribution in [0.15, 0.2) is 78.9 Å². The van der Waals surface area contributed by atoms with Gasteiger partial charge in [0, 0.05) is 19.2 Å². The minimum Gasteiger partial charge on any atom is -0.439 e. The minimum atomic E-state index is -0.528. The molecule has 0 atom stereocenters. The van der Waals surface area contributed by atoms with Crippen LogP contribution in [0.1, 0.15) is 34.8 Å². The number of nitrogens with zero attached hydrogens (tertiary/aromatic N) is 3. The first-order valence-corrected chi connectivity index (χ1v) is 11.4. The van der Waals surface area contributed by atoms with E-state index in [9.17, 15) is 9.18 Å².